The summed E-state index contributed by atoms with van der Waals surface area (Å²) < 4.78 is 28.1. The smallest absolute Gasteiger partial charge is 0.148 e. The number of sulfone groups is 1. The minimum Gasteiger partial charge on any atom is -0.491 e. The van der Waals surface area contributed by atoms with E-state index in [1.54, 1.807) is 12.1 Å². The van der Waals surface area contributed by atoms with Gasteiger partial charge in [-0.15, -0.1) is 0 Å². The van der Waals surface area contributed by atoms with Gasteiger partial charge in [-0.2, -0.15) is 0 Å². The molecule has 1 N–H and O–H groups in total. The summed E-state index contributed by atoms with van der Waals surface area (Å²) in [4.78, 5) is 0. The fourth-order valence-electron chi connectivity index (χ4n) is 1.20. The van der Waals surface area contributed by atoms with Crippen molar-refractivity contribution in [2.75, 3.05) is 31.7 Å². The maximum atomic E-state index is 10.9. The Kier molecular flexibility index (Phi) is 6.42. The summed E-state index contributed by atoms with van der Waals surface area (Å²) in [6.45, 7) is 1.42. The number of nitrogens with one attached hydrogen (secondary N) is 1. The van der Waals surface area contributed by atoms with E-state index in [0.717, 1.165) is 4.47 Å². The van der Waals surface area contributed by atoms with Crippen LogP contribution in [0.15, 0.2) is 22.7 Å². The van der Waals surface area contributed by atoms with Gasteiger partial charge in [0.1, 0.15) is 22.2 Å². The van der Waals surface area contributed by atoms with E-state index in [0.29, 0.717) is 30.5 Å². The van der Waals surface area contributed by atoms with Gasteiger partial charge in [0.2, 0.25) is 0 Å². The molecule has 4 nitrogen and oxygen atoms in total. The maximum Gasteiger partial charge on any atom is 0.148 e. The first kappa shape index (κ1) is 15.8. The normalized spacial score (nSPS) is 11.5. The highest BCUT2D eigenvalue weighted by Crippen LogP contribution is 2.27. The molecule has 0 fully saturated rings. The highest BCUT2D eigenvalue weighted by molar-refractivity contribution is 9.10. The van der Waals surface area contributed by atoms with E-state index in [-0.39, 0.29) is 5.75 Å². The molecule has 0 spiro atoms. The van der Waals surface area contributed by atoms with Crippen molar-refractivity contribution >= 4 is 37.4 Å². The molecule has 0 saturated heterocycles. The molecule has 0 saturated carbocycles. The van der Waals surface area contributed by atoms with E-state index in [9.17, 15) is 8.42 Å². The third-order valence-corrected chi connectivity index (χ3v) is 3.83. The molecule has 0 atom stereocenters. The lowest BCUT2D eigenvalue weighted by Crippen LogP contribution is -2.26. The van der Waals surface area contributed by atoms with Crippen LogP contribution in [-0.2, 0) is 9.84 Å². The zero-order valence-corrected chi connectivity index (χ0v) is 13.1. The van der Waals surface area contributed by atoms with Crippen LogP contribution in [0.1, 0.15) is 0 Å². The number of halogens is 2. The van der Waals surface area contributed by atoms with Crippen molar-refractivity contribution in [3.05, 3.63) is 27.7 Å². The first-order valence-corrected chi connectivity index (χ1v) is 8.58. The molecule has 0 radical (unpaired) electrons. The van der Waals surface area contributed by atoms with Crippen molar-refractivity contribution < 1.29 is 13.2 Å². The fraction of sp³-hybridized carbons (Fsp3) is 0.455. The van der Waals surface area contributed by atoms with Crippen molar-refractivity contribution in [2.24, 2.45) is 0 Å². The Bertz CT molecular complexity index is 493. The predicted molar refractivity (Wildman–Crippen MR) is 77.2 cm³/mol. The number of ether oxygens (including phenoxy) is 1. The van der Waals surface area contributed by atoms with Crippen LogP contribution < -0.4 is 10.1 Å². The molecule has 0 aromatic heterocycles. The van der Waals surface area contributed by atoms with E-state index < -0.39 is 9.84 Å². The number of hydrogen-bond donors (Lipinski definition) is 1. The minimum absolute atomic E-state index is 0.130. The summed E-state index contributed by atoms with van der Waals surface area (Å²) in [6.07, 6.45) is 1.21. The van der Waals surface area contributed by atoms with E-state index >= 15 is 0 Å². The summed E-state index contributed by atoms with van der Waals surface area (Å²) in [5, 5.41) is 3.54. The van der Waals surface area contributed by atoms with Gasteiger partial charge in [-0.25, -0.2) is 8.42 Å². The van der Waals surface area contributed by atoms with Gasteiger partial charge in [-0.1, -0.05) is 27.5 Å². The van der Waals surface area contributed by atoms with Crippen molar-refractivity contribution in [2.45, 2.75) is 0 Å². The number of benzene rings is 1. The van der Waals surface area contributed by atoms with Crippen LogP contribution in [0.4, 0.5) is 0 Å². The Morgan fingerprint density at radius 1 is 1.39 bits per heavy atom. The zero-order chi connectivity index (χ0) is 13.6. The lowest BCUT2D eigenvalue weighted by Gasteiger charge is -2.09. The van der Waals surface area contributed by atoms with Crippen LogP contribution >= 0.6 is 27.5 Å². The monoisotopic (exact) mass is 355 g/mol. The van der Waals surface area contributed by atoms with Crippen molar-refractivity contribution in [1.29, 1.82) is 0 Å². The highest BCUT2D eigenvalue weighted by Gasteiger charge is 2.03. The van der Waals surface area contributed by atoms with Crippen molar-refractivity contribution in [3.63, 3.8) is 0 Å². The van der Waals surface area contributed by atoms with Crippen molar-refractivity contribution in [3.8, 4) is 5.75 Å². The molecule has 0 heterocycles. The first-order valence-electron chi connectivity index (χ1n) is 5.35. The van der Waals surface area contributed by atoms with Crippen LogP contribution in [0.25, 0.3) is 0 Å². The Hall–Kier alpha value is -0.300. The Balaban J connectivity index is 2.24. The standard InChI is InChI=1S/C11H15BrClNO3S/c1-18(15,16)7-5-14-4-6-17-11-8-9(12)2-3-10(11)13/h2-3,8,14H,4-7H2,1H3. The van der Waals surface area contributed by atoms with Crippen molar-refractivity contribution in [1.82, 2.24) is 5.32 Å². The van der Waals surface area contributed by atoms with E-state index in [2.05, 4.69) is 21.2 Å². The zero-order valence-electron chi connectivity index (χ0n) is 9.95. The molecular formula is C11H15BrClNO3S. The lowest BCUT2D eigenvalue weighted by molar-refractivity contribution is 0.315. The second-order valence-corrected chi connectivity index (χ2v) is 7.39. The molecule has 0 amide bonds. The molecule has 1 aromatic carbocycles. The molecule has 18 heavy (non-hydrogen) atoms. The van der Waals surface area contributed by atoms with Gasteiger partial charge in [0.25, 0.3) is 0 Å². The van der Waals surface area contributed by atoms with Gasteiger partial charge < -0.3 is 10.1 Å². The molecular weight excluding hydrogens is 342 g/mol. The molecule has 0 aliphatic carbocycles. The van der Waals surface area contributed by atoms with Crippen LogP contribution in [0.5, 0.6) is 5.75 Å². The third-order valence-electron chi connectivity index (χ3n) is 2.08. The molecule has 0 aliphatic heterocycles. The fourth-order valence-corrected chi connectivity index (χ4v) is 2.23. The Morgan fingerprint density at radius 2 is 2.11 bits per heavy atom. The van der Waals surface area contributed by atoms with E-state index in [1.807, 2.05) is 6.07 Å². The van der Waals surface area contributed by atoms with Gasteiger partial charge in [0, 0.05) is 23.8 Å². The summed E-state index contributed by atoms with van der Waals surface area (Å²) in [7, 11) is -2.91. The average molecular weight is 357 g/mol. The second kappa shape index (κ2) is 7.33. The Morgan fingerprint density at radius 3 is 2.78 bits per heavy atom. The number of hydrogen-bond acceptors (Lipinski definition) is 4. The van der Waals surface area contributed by atoms with E-state index in [4.69, 9.17) is 16.3 Å². The van der Waals surface area contributed by atoms with Crippen LogP contribution in [-0.4, -0.2) is 40.1 Å². The highest BCUT2D eigenvalue weighted by atomic mass is 79.9. The largest absolute Gasteiger partial charge is 0.491 e. The SMILES string of the molecule is CS(=O)(=O)CCNCCOc1cc(Br)ccc1Cl. The minimum atomic E-state index is -2.91. The Labute approximate surface area is 121 Å². The summed E-state index contributed by atoms with van der Waals surface area (Å²) in [6, 6.07) is 5.37. The van der Waals surface area contributed by atoms with Crippen LogP contribution in [0.3, 0.4) is 0 Å². The molecule has 7 heteroatoms. The average Bonchev–Trinajstić information content (AvgIpc) is 2.26. The van der Waals surface area contributed by atoms with Gasteiger partial charge in [0.15, 0.2) is 0 Å². The quantitative estimate of drug-likeness (QED) is 0.760. The lowest BCUT2D eigenvalue weighted by atomic mass is 10.3. The molecule has 102 valence electrons. The molecule has 1 rings (SSSR count). The van der Waals surface area contributed by atoms with Gasteiger partial charge in [-0.05, 0) is 18.2 Å². The third kappa shape index (κ3) is 6.58. The summed E-state index contributed by atoms with van der Waals surface area (Å²) >= 11 is 9.28. The second-order valence-electron chi connectivity index (χ2n) is 3.80. The predicted octanol–water partition coefficient (Wildman–Crippen LogP) is 2.12. The first-order chi connectivity index (χ1) is 8.38. The van der Waals surface area contributed by atoms with E-state index in [1.165, 1.54) is 6.26 Å². The molecule has 0 unspecified atom stereocenters. The molecule has 1 aromatic rings. The van der Waals surface area contributed by atoms with Crippen LogP contribution in [0.2, 0.25) is 5.02 Å². The van der Waals surface area contributed by atoms with Gasteiger partial charge >= 0.3 is 0 Å². The van der Waals surface area contributed by atoms with Gasteiger partial charge in [-0.3, -0.25) is 0 Å². The summed E-state index contributed by atoms with van der Waals surface area (Å²) in [5.74, 6) is 0.737. The number of rotatable bonds is 7. The molecule has 0 bridgehead atoms. The summed E-state index contributed by atoms with van der Waals surface area (Å²) in [5.41, 5.74) is 0. The topological polar surface area (TPSA) is 55.4 Å². The van der Waals surface area contributed by atoms with Gasteiger partial charge in [0.05, 0.1) is 10.8 Å². The maximum absolute atomic E-state index is 10.9. The van der Waals surface area contributed by atoms with Crippen LogP contribution in [0, 0.1) is 0 Å². The molecule has 0 aliphatic rings.